The van der Waals surface area contributed by atoms with Crippen molar-refractivity contribution in [2.24, 2.45) is 11.8 Å². The van der Waals surface area contributed by atoms with E-state index >= 15 is 0 Å². The van der Waals surface area contributed by atoms with Crippen molar-refractivity contribution in [3.05, 3.63) is 47.0 Å². The highest BCUT2D eigenvalue weighted by Crippen LogP contribution is 2.48. The van der Waals surface area contributed by atoms with Crippen molar-refractivity contribution in [2.75, 3.05) is 55.9 Å². The lowest BCUT2D eigenvalue weighted by Gasteiger charge is -2.40. The molecule has 0 spiro atoms. The molecular formula is C24H32O6. The molecule has 3 rings (SSSR count). The van der Waals surface area contributed by atoms with Crippen LogP contribution in [0.1, 0.15) is 22.6 Å². The predicted molar refractivity (Wildman–Crippen MR) is 115 cm³/mol. The minimum atomic E-state index is 0.0912. The number of hydrogen-bond acceptors (Lipinski definition) is 6. The monoisotopic (exact) mass is 416 g/mol. The van der Waals surface area contributed by atoms with Gasteiger partial charge in [-0.1, -0.05) is 6.07 Å². The summed E-state index contributed by atoms with van der Waals surface area (Å²) in [6.07, 6.45) is 0.890. The van der Waals surface area contributed by atoms with Gasteiger partial charge < -0.3 is 28.4 Å². The molecule has 0 radical (unpaired) electrons. The predicted octanol–water partition coefficient (Wildman–Crippen LogP) is 3.93. The number of ether oxygens (including phenoxy) is 6. The van der Waals surface area contributed by atoms with Crippen molar-refractivity contribution in [1.29, 1.82) is 0 Å². The van der Waals surface area contributed by atoms with Gasteiger partial charge in [-0.05, 0) is 59.2 Å². The molecule has 0 heterocycles. The third-order valence-electron chi connectivity index (χ3n) is 6.00. The Hall–Kier alpha value is -2.44. The minimum absolute atomic E-state index is 0.0912. The molecule has 0 N–H and O–H groups in total. The van der Waals surface area contributed by atoms with Crippen LogP contribution in [-0.4, -0.2) is 55.9 Å². The molecule has 0 fully saturated rings. The van der Waals surface area contributed by atoms with Crippen LogP contribution in [0.3, 0.4) is 0 Å². The third-order valence-corrected chi connectivity index (χ3v) is 6.00. The molecule has 0 aliphatic heterocycles. The Morgan fingerprint density at radius 1 is 0.700 bits per heavy atom. The maximum absolute atomic E-state index is 5.66. The quantitative estimate of drug-likeness (QED) is 0.617. The van der Waals surface area contributed by atoms with Crippen LogP contribution in [0.4, 0.5) is 0 Å². The first-order valence-corrected chi connectivity index (χ1v) is 10.1. The van der Waals surface area contributed by atoms with E-state index in [1.807, 2.05) is 6.07 Å². The van der Waals surface area contributed by atoms with E-state index in [4.69, 9.17) is 28.4 Å². The molecular weight excluding hydrogens is 384 g/mol. The lowest BCUT2D eigenvalue weighted by Crippen LogP contribution is -2.36. The summed E-state index contributed by atoms with van der Waals surface area (Å²) in [6, 6.07) is 10.3. The zero-order valence-corrected chi connectivity index (χ0v) is 18.7. The molecule has 30 heavy (non-hydrogen) atoms. The molecule has 1 aliphatic carbocycles. The van der Waals surface area contributed by atoms with Crippen LogP contribution in [-0.2, 0) is 15.9 Å². The summed E-state index contributed by atoms with van der Waals surface area (Å²) in [5.41, 5.74) is 3.60. The summed E-state index contributed by atoms with van der Waals surface area (Å²) in [5, 5.41) is 0. The zero-order valence-electron chi connectivity index (χ0n) is 18.7. The van der Waals surface area contributed by atoms with Gasteiger partial charge in [0.05, 0.1) is 35.0 Å². The Morgan fingerprint density at radius 3 is 1.90 bits per heavy atom. The van der Waals surface area contributed by atoms with Gasteiger partial charge in [-0.2, -0.15) is 0 Å². The second kappa shape index (κ2) is 10.0. The van der Waals surface area contributed by atoms with Crippen LogP contribution in [0, 0.1) is 11.8 Å². The first-order valence-electron chi connectivity index (χ1n) is 10.1. The Balaban J connectivity index is 2.20. The highest BCUT2D eigenvalue weighted by molar-refractivity contribution is 5.54. The third kappa shape index (κ3) is 4.20. The molecule has 164 valence electrons. The van der Waals surface area contributed by atoms with Gasteiger partial charge in [-0.3, -0.25) is 0 Å². The molecule has 0 unspecified atom stereocenters. The number of rotatable bonds is 9. The first-order chi connectivity index (χ1) is 14.6. The number of methoxy groups -OCH3 is 6. The summed E-state index contributed by atoms with van der Waals surface area (Å²) >= 11 is 0. The summed E-state index contributed by atoms with van der Waals surface area (Å²) in [7, 11) is 10.1. The van der Waals surface area contributed by atoms with E-state index in [0.29, 0.717) is 30.6 Å². The van der Waals surface area contributed by atoms with Crippen LogP contribution in [0.25, 0.3) is 0 Å². The molecule has 2 aromatic rings. The van der Waals surface area contributed by atoms with E-state index in [1.165, 1.54) is 11.1 Å². The SMILES string of the molecule is COC[C@H]1Cc2cc(OC)c(OC)cc2[C@H](c2ccc(OC)c(OC)c2)[C@H]1COC. The second-order valence-electron chi connectivity index (χ2n) is 7.54. The van der Waals surface area contributed by atoms with E-state index < -0.39 is 0 Å². The topological polar surface area (TPSA) is 55.4 Å². The summed E-state index contributed by atoms with van der Waals surface area (Å²) in [4.78, 5) is 0. The van der Waals surface area contributed by atoms with Crippen LogP contribution < -0.4 is 18.9 Å². The Bertz CT molecular complexity index is 850. The van der Waals surface area contributed by atoms with Crippen LogP contribution in [0.5, 0.6) is 23.0 Å². The highest BCUT2D eigenvalue weighted by atomic mass is 16.5. The standard InChI is InChI=1S/C24H32O6/c1-25-13-17-9-16-11-22(29-5)23(30-6)12-18(16)24(19(17)14-26-2)15-7-8-20(27-3)21(10-15)28-4/h7-8,10-12,17,19,24H,9,13-14H2,1-6H3/t17-,19+,24+/m1/s1. The fourth-order valence-corrected chi connectivity index (χ4v) is 4.63. The van der Waals surface area contributed by atoms with E-state index in [1.54, 1.807) is 42.7 Å². The molecule has 2 aromatic carbocycles. The molecule has 0 amide bonds. The molecule has 6 nitrogen and oxygen atoms in total. The molecule has 0 saturated heterocycles. The Labute approximate surface area is 179 Å². The van der Waals surface area contributed by atoms with Crippen molar-refractivity contribution in [1.82, 2.24) is 0 Å². The largest absolute Gasteiger partial charge is 0.493 e. The van der Waals surface area contributed by atoms with Crippen LogP contribution >= 0.6 is 0 Å². The van der Waals surface area contributed by atoms with Gasteiger partial charge in [0.15, 0.2) is 23.0 Å². The summed E-state index contributed by atoms with van der Waals surface area (Å²) in [5.74, 6) is 3.51. The molecule has 0 bridgehead atoms. The van der Waals surface area contributed by atoms with E-state index in [2.05, 4.69) is 24.3 Å². The average Bonchev–Trinajstić information content (AvgIpc) is 2.78. The van der Waals surface area contributed by atoms with E-state index in [-0.39, 0.29) is 11.8 Å². The van der Waals surface area contributed by atoms with Crippen LogP contribution in [0.15, 0.2) is 30.3 Å². The fraction of sp³-hybridized carbons (Fsp3) is 0.500. The fourth-order valence-electron chi connectivity index (χ4n) is 4.63. The highest BCUT2D eigenvalue weighted by Gasteiger charge is 2.39. The molecule has 1 aliphatic rings. The van der Waals surface area contributed by atoms with E-state index in [9.17, 15) is 0 Å². The van der Waals surface area contributed by atoms with Crippen molar-refractivity contribution in [3.63, 3.8) is 0 Å². The zero-order chi connectivity index (χ0) is 21.7. The van der Waals surface area contributed by atoms with Crippen molar-refractivity contribution >= 4 is 0 Å². The van der Waals surface area contributed by atoms with Crippen molar-refractivity contribution in [3.8, 4) is 23.0 Å². The van der Waals surface area contributed by atoms with Gasteiger partial charge >= 0.3 is 0 Å². The van der Waals surface area contributed by atoms with Gasteiger partial charge in [0.2, 0.25) is 0 Å². The van der Waals surface area contributed by atoms with Crippen molar-refractivity contribution in [2.45, 2.75) is 12.3 Å². The second-order valence-corrected chi connectivity index (χ2v) is 7.54. The molecule has 0 aromatic heterocycles. The normalized spacial score (nSPS) is 20.4. The molecule has 3 atom stereocenters. The number of hydrogen-bond donors (Lipinski definition) is 0. The maximum Gasteiger partial charge on any atom is 0.161 e. The molecule has 0 saturated carbocycles. The van der Waals surface area contributed by atoms with Gasteiger partial charge in [-0.25, -0.2) is 0 Å². The van der Waals surface area contributed by atoms with E-state index in [0.717, 1.165) is 23.5 Å². The average molecular weight is 417 g/mol. The smallest absolute Gasteiger partial charge is 0.161 e. The first kappa shape index (κ1) is 22.2. The van der Waals surface area contributed by atoms with Crippen molar-refractivity contribution < 1.29 is 28.4 Å². The molecule has 6 heteroatoms. The minimum Gasteiger partial charge on any atom is -0.493 e. The Morgan fingerprint density at radius 2 is 1.30 bits per heavy atom. The number of benzene rings is 2. The summed E-state index contributed by atoms with van der Waals surface area (Å²) in [6.45, 7) is 1.28. The van der Waals surface area contributed by atoms with Crippen LogP contribution in [0.2, 0.25) is 0 Å². The maximum atomic E-state index is 5.66. The van der Waals surface area contributed by atoms with Gasteiger partial charge in [-0.15, -0.1) is 0 Å². The lowest BCUT2D eigenvalue weighted by atomic mass is 9.67. The lowest BCUT2D eigenvalue weighted by molar-refractivity contribution is 0.0565. The number of fused-ring (bicyclic) bond motifs is 1. The Kier molecular flexibility index (Phi) is 7.45. The van der Waals surface area contributed by atoms with Gasteiger partial charge in [0, 0.05) is 26.7 Å². The summed E-state index contributed by atoms with van der Waals surface area (Å²) < 4.78 is 33.4. The van der Waals surface area contributed by atoms with Gasteiger partial charge in [0.1, 0.15) is 0 Å². The van der Waals surface area contributed by atoms with Gasteiger partial charge in [0.25, 0.3) is 0 Å².